The minimum atomic E-state index is 0.283. The predicted octanol–water partition coefficient (Wildman–Crippen LogP) is 0.899. The van der Waals surface area contributed by atoms with Crippen LogP contribution in [0.3, 0.4) is 0 Å². The molecule has 1 unspecified atom stereocenters. The van der Waals surface area contributed by atoms with Crippen LogP contribution >= 0.6 is 0 Å². The third-order valence-electron chi connectivity index (χ3n) is 4.37. The quantitative estimate of drug-likeness (QED) is 0.772. The molecule has 0 aromatic carbocycles. The summed E-state index contributed by atoms with van der Waals surface area (Å²) in [5, 5.41) is 0. The van der Waals surface area contributed by atoms with Gasteiger partial charge in [-0.15, -0.1) is 0 Å². The zero-order valence-electron chi connectivity index (χ0n) is 13.7. The van der Waals surface area contributed by atoms with E-state index in [1.54, 1.807) is 0 Å². The summed E-state index contributed by atoms with van der Waals surface area (Å²) in [6.07, 6.45) is 5.10. The number of amides is 1. The van der Waals surface area contributed by atoms with E-state index in [-0.39, 0.29) is 5.91 Å². The summed E-state index contributed by atoms with van der Waals surface area (Å²) in [7, 11) is 4.16. The van der Waals surface area contributed by atoms with Crippen molar-refractivity contribution >= 4 is 5.91 Å². The van der Waals surface area contributed by atoms with Crippen LogP contribution in [0.5, 0.6) is 0 Å². The molecule has 0 spiro atoms. The monoisotopic (exact) mass is 297 g/mol. The van der Waals surface area contributed by atoms with Crippen LogP contribution in [-0.4, -0.2) is 87.2 Å². The van der Waals surface area contributed by atoms with E-state index >= 15 is 0 Å². The summed E-state index contributed by atoms with van der Waals surface area (Å²) in [5.74, 6) is 0.710. The van der Waals surface area contributed by atoms with Crippen LogP contribution in [0.2, 0.25) is 0 Å². The van der Waals surface area contributed by atoms with Gasteiger partial charge in [0.2, 0.25) is 5.91 Å². The minimum absolute atomic E-state index is 0.283. The van der Waals surface area contributed by atoms with E-state index in [0.717, 1.165) is 39.3 Å². The van der Waals surface area contributed by atoms with Gasteiger partial charge in [0.1, 0.15) is 0 Å². The summed E-state index contributed by atoms with van der Waals surface area (Å²) in [6.45, 7) is 6.76. The molecule has 122 valence electrons. The molecule has 2 rings (SSSR count). The number of likely N-dealkylation sites (tertiary alicyclic amines) is 1. The van der Waals surface area contributed by atoms with Crippen molar-refractivity contribution in [2.75, 3.05) is 66.6 Å². The van der Waals surface area contributed by atoms with Gasteiger partial charge >= 0.3 is 0 Å². The second kappa shape index (κ2) is 8.71. The van der Waals surface area contributed by atoms with E-state index in [1.807, 2.05) is 4.90 Å². The van der Waals surface area contributed by atoms with Crippen molar-refractivity contribution in [1.29, 1.82) is 0 Å². The molecule has 0 N–H and O–H groups in total. The lowest BCUT2D eigenvalue weighted by molar-refractivity contribution is -0.132. The zero-order chi connectivity index (χ0) is 15.1. The second-order valence-corrected chi connectivity index (χ2v) is 6.73. The maximum absolute atomic E-state index is 12.6. The molecule has 0 aromatic rings. The van der Waals surface area contributed by atoms with E-state index in [0.29, 0.717) is 19.1 Å². The van der Waals surface area contributed by atoms with Gasteiger partial charge in [-0.1, -0.05) is 12.8 Å². The van der Waals surface area contributed by atoms with Crippen LogP contribution in [0.4, 0.5) is 0 Å². The molecule has 2 saturated heterocycles. The predicted molar refractivity (Wildman–Crippen MR) is 84.4 cm³/mol. The third kappa shape index (κ3) is 5.93. The number of ether oxygens (including phenoxy) is 1. The molecular weight excluding hydrogens is 266 g/mol. The topological polar surface area (TPSA) is 36.0 Å². The third-order valence-corrected chi connectivity index (χ3v) is 4.37. The average Bonchev–Trinajstić information content (AvgIpc) is 2.81. The molecule has 5 heteroatoms. The standard InChI is InChI=1S/C16H31N3O2/c1-17(2)11-15-12-19(9-10-21-14-15)16(20)13-18-7-5-3-4-6-8-18/h15H,3-14H2,1-2H3. The van der Waals surface area contributed by atoms with Gasteiger partial charge < -0.3 is 14.5 Å². The molecule has 1 amide bonds. The van der Waals surface area contributed by atoms with Crippen molar-refractivity contribution in [2.45, 2.75) is 25.7 Å². The molecule has 21 heavy (non-hydrogen) atoms. The molecule has 5 nitrogen and oxygen atoms in total. The molecule has 0 saturated carbocycles. The molecule has 0 bridgehead atoms. The smallest absolute Gasteiger partial charge is 0.236 e. The molecule has 1 atom stereocenters. The summed E-state index contributed by atoms with van der Waals surface area (Å²) in [5.41, 5.74) is 0. The Morgan fingerprint density at radius 2 is 1.86 bits per heavy atom. The largest absolute Gasteiger partial charge is 0.379 e. The Balaban J connectivity index is 1.84. The van der Waals surface area contributed by atoms with Gasteiger partial charge in [0.15, 0.2) is 0 Å². The SMILES string of the molecule is CN(C)CC1COCCN(C(=O)CN2CCCCCC2)C1. The molecule has 2 aliphatic heterocycles. The minimum Gasteiger partial charge on any atom is -0.379 e. The van der Waals surface area contributed by atoms with Crippen LogP contribution in [-0.2, 0) is 9.53 Å². The number of hydrogen-bond acceptors (Lipinski definition) is 4. The van der Waals surface area contributed by atoms with Crippen molar-refractivity contribution in [1.82, 2.24) is 14.7 Å². The highest BCUT2D eigenvalue weighted by molar-refractivity contribution is 5.78. The number of rotatable bonds is 4. The van der Waals surface area contributed by atoms with Crippen molar-refractivity contribution in [3.05, 3.63) is 0 Å². The molecule has 2 heterocycles. The van der Waals surface area contributed by atoms with Crippen molar-refractivity contribution in [3.63, 3.8) is 0 Å². The lowest BCUT2D eigenvalue weighted by Crippen LogP contribution is -2.44. The Hall–Kier alpha value is -0.650. The van der Waals surface area contributed by atoms with E-state index in [9.17, 15) is 4.79 Å². The first-order chi connectivity index (χ1) is 10.1. The van der Waals surface area contributed by atoms with E-state index < -0.39 is 0 Å². The van der Waals surface area contributed by atoms with Crippen molar-refractivity contribution in [2.24, 2.45) is 5.92 Å². The van der Waals surface area contributed by atoms with Gasteiger partial charge in [-0.3, -0.25) is 9.69 Å². The van der Waals surface area contributed by atoms with Gasteiger partial charge in [-0.2, -0.15) is 0 Å². The van der Waals surface area contributed by atoms with E-state index in [1.165, 1.54) is 25.7 Å². The summed E-state index contributed by atoms with van der Waals surface area (Å²) < 4.78 is 5.66. The van der Waals surface area contributed by atoms with Gasteiger partial charge in [0, 0.05) is 25.6 Å². The molecule has 2 aliphatic rings. The Bertz CT molecular complexity index is 315. The van der Waals surface area contributed by atoms with Crippen LogP contribution < -0.4 is 0 Å². The second-order valence-electron chi connectivity index (χ2n) is 6.73. The maximum atomic E-state index is 12.6. The number of carbonyl (C=O) groups excluding carboxylic acids is 1. The maximum Gasteiger partial charge on any atom is 0.236 e. The van der Waals surface area contributed by atoms with Gasteiger partial charge in [0.05, 0.1) is 19.8 Å². The fourth-order valence-corrected chi connectivity index (χ4v) is 3.32. The molecule has 0 radical (unpaired) electrons. The number of carbonyl (C=O) groups is 1. The fraction of sp³-hybridized carbons (Fsp3) is 0.938. The lowest BCUT2D eigenvalue weighted by Gasteiger charge is -2.28. The highest BCUT2D eigenvalue weighted by atomic mass is 16.5. The van der Waals surface area contributed by atoms with Crippen LogP contribution in [0.15, 0.2) is 0 Å². The van der Waals surface area contributed by atoms with Crippen LogP contribution in [0.25, 0.3) is 0 Å². The van der Waals surface area contributed by atoms with Gasteiger partial charge in [-0.05, 0) is 40.0 Å². The summed E-state index contributed by atoms with van der Waals surface area (Å²) in [4.78, 5) is 19.1. The Morgan fingerprint density at radius 3 is 2.52 bits per heavy atom. The number of nitrogens with zero attached hydrogens (tertiary/aromatic N) is 3. The Labute approximate surface area is 129 Å². The van der Waals surface area contributed by atoms with Gasteiger partial charge in [0.25, 0.3) is 0 Å². The average molecular weight is 297 g/mol. The zero-order valence-corrected chi connectivity index (χ0v) is 13.7. The Kier molecular flexibility index (Phi) is 6.93. The van der Waals surface area contributed by atoms with Gasteiger partial charge in [-0.25, -0.2) is 0 Å². The molecule has 0 aromatic heterocycles. The molecule has 0 aliphatic carbocycles. The lowest BCUT2D eigenvalue weighted by atomic mass is 10.1. The highest BCUT2D eigenvalue weighted by Crippen LogP contribution is 2.12. The van der Waals surface area contributed by atoms with E-state index in [2.05, 4.69) is 23.9 Å². The van der Waals surface area contributed by atoms with Crippen LogP contribution in [0, 0.1) is 5.92 Å². The fourth-order valence-electron chi connectivity index (χ4n) is 3.32. The summed E-state index contributed by atoms with van der Waals surface area (Å²) >= 11 is 0. The van der Waals surface area contributed by atoms with Crippen molar-refractivity contribution < 1.29 is 9.53 Å². The first-order valence-electron chi connectivity index (χ1n) is 8.38. The normalized spacial score (nSPS) is 25.7. The van der Waals surface area contributed by atoms with Crippen LogP contribution in [0.1, 0.15) is 25.7 Å². The molecule has 2 fully saturated rings. The Morgan fingerprint density at radius 1 is 1.14 bits per heavy atom. The first kappa shape index (κ1) is 16.7. The number of hydrogen-bond donors (Lipinski definition) is 0. The summed E-state index contributed by atoms with van der Waals surface area (Å²) in [6, 6.07) is 0. The highest BCUT2D eigenvalue weighted by Gasteiger charge is 2.24. The first-order valence-corrected chi connectivity index (χ1v) is 8.38. The van der Waals surface area contributed by atoms with E-state index in [4.69, 9.17) is 4.74 Å². The molecular formula is C16H31N3O2. The van der Waals surface area contributed by atoms with Crippen molar-refractivity contribution in [3.8, 4) is 0 Å².